The summed E-state index contributed by atoms with van der Waals surface area (Å²) >= 11 is 0. The fraction of sp³-hybridized carbons (Fsp3) is 0.458. The molecule has 0 radical (unpaired) electrons. The second-order valence-corrected chi connectivity index (χ2v) is 9.56. The van der Waals surface area contributed by atoms with Crippen molar-refractivity contribution in [1.82, 2.24) is 24.3 Å². The van der Waals surface area contributed by atoms with Gasteiger partial charge in [0.15, 0.2) is 11.5 Å². The second kappa shape index (κ2) is 9.66. The summed E-state index contributed by atoms with van der Waals surface area (Å²) in [6.45, 7) is 7.72. The Morgan fingerprint density at radius 2 is 1.85 bits per heavy atom. The predicted molar refractivity (Wildman–Crippen MR) is 128 cm³/mol. The molecule has 1 saturated heterocycles. The summed E-state index contributed by atoms with van der Waals surface area (Å²) in [5.74, 6) is 0.497. The van der Waals surface area contributed by atoms with Crippen LogP contribution in [-0.2, 0) is 4.74 Å². The largest absolute Gasteiger partial charge is 0.444 e. The van der Waals surface area contributed by atoms with Crippen LogP contribution in [0.3, 0.4) is 0 Å². The van der Waals surface area contributed by atoms with Crippen molar-refractivity contribution in [3.63, 3.8) is 0 Å². The van der Waals surface area contributed by atoms with E-state index in [0.717, 1.165) is 30.5 Å². The molecule has 1 aliphatic rings. The molecule has 3 aromatic rings. The first-order valence-corrected chi connectivity index (χ1v) is 11.5. The number of nitrogens with two attached hydrogens (primary N) is 1. The number of imidazole rings is 1. The number of likely N-dealkylation sites (tertiary alicyclic amines) is 1. The van der Waals surface area contributed by atoms with E-state index in [4.69, 9.17) is 15.5 Å². The predicted octanol–water partition coefficient (Wildman–Crippen LogP) is 3.34. The number of hydrogen-bond acceptors (Lipinski definition) is 7. The SMILES string of the molecule is CC(C)(C)OC(=O)N1CCC(CCNc2nc(-c3ccncc3)cn3cc(C(N)=O)nc23)CC1. The number of ether oxygens (including phenoxy) is 1. The summed E-state index contributed by atoms with van der Waals surface area (Å²) in [5.41, 5.74) is 7.33. The Morgan fingerprint density at radius 3 is 2.50 bits per heavy atom. The third-order valence-corrected chi connectivity index (χ3v) is 5.78. The van der Waals surface area contributed by atoms with Crippen molar-refractivity contribution in [3.05, 3.63) is 42.6 Å². The van der Waals surface area contributed by atoms with Crippen molar-refractivity contribution in [2.45, 2.75) is 45.6 Å². The number of anilines is 1. The van der Waals surface area contributed by atoms with Crippen molar-refractivity contribution in [2.24, 2.45) is 11.7 Å². The third kappa shape index (κ3) is 5.62. The molecular formula is C24H31N7O3. The quantitative estimate of drug-likeness (QED) is 0.571. The van der Waals surface area contributed by atoms with Crippen molar-refractivity contribution in [3.8, 4) is 11.3 Å². The van der Waals surface area contributed by atoms with Gasteiger partial charge in [0.1, 0.15) is 11.3 Å². The minimum Gasteiger partial charge on any atom is -0.444 e. The number of fused-ring (bicyclic) bond motifs is 1. The average Bonchev–Trinajstić information content (AvgIpc) is 3.24. The number of amides is 2. The van der Waals surface area contributed by atoms with Crippen LogP contribution in [0.4, 0.5) is 10.6 Å². The fourth-order valence-electron chi connectivity index (χ4n) is 4.02. The Morgan fingerprint density at radius 1 is 1.15 bits per heavy atom. The number of hydrogen-bond donors (Lipinski definition) is 2. The molecule has 0 bridgehead atoms. The van der Waals surface area contributed by atoms with Crippen LogP contribution in [0.1, 0.15) is 50.5 Å². The number of rotatable bonds is 6. The molecule has 3 aromatic heterocycles. The molecule has 34 heavy (non-hydrogen) atoms. The van der Waals surface area contributed by atoms with Crippen LogP contribution in [0, 0.1) is 5.92 Å². The van der Waals surface area contributed by atoms with Gasteiger partial charge in [0, 0.05) is 50.0 Å². The molecule has 4 rings (SSSR count). The molecule has 10 heteroatoms. The maximum atomic E-state index is 12.3. The maximum Gasteiger partial charge on any atom is 0.410 e. The lowest BCUT2D eigenvalue weighted by atomic mass is 9.94. The lowest BCUT2D eigenvalue weighted by Gasteiger charge is -2.33. The Kier molecular flexibility index (Phi) is 6.67. The van der Waals surface area contributed by atoms with Crippen molar-refractivity contribution in [2.75, 3.05) is 25.0 Å². The van der Waals surface area contributed by atoms with E-state index in [1.54, 1.807) is 27.9 Å². The van der Waals surface area contributed by atoms with Crippen LogP contribution < -0.4 is 11.1 Å². The number of nitrogens with zero attached hydrogens (tertiary/aromatic N) is 5. The maximum absolute atomic E-state index is 12.3. The van der Waals surface area contributed by atoms with Gasteiger partial charge in [-0.15, -0.1) is 0 Å². The molecular weight excluding hydrogens is 434 g/mol. The normalized spacial score (nSPS) is 14.9. The minimum atomic E-state index is -0.586. The highest BCUT2D eigenvalue weighted by Gasteiger charge is 2.26. The van der Waals surface area contributed by atoms with Gasteiger partial charge >= 0.3 is 6.09 Å². The first kappa shape index (κ1) is 23.5. The lowest BCUT2D eigenvalue weighted by Crippen LogP contribution is -2.41. The molecule has 1 aliphatic heterocycles. The number of nitrogens with one attached hydrogen (secondary N) is 1. The number of carbonyl (C=O) groups excluding carboxylic acids is 2. The summed E-state index contributed by atoms with van der Waals surface area (Å²) in [4.78, 5) is 38.9. The molecule has 0 aliphatic carbocycles. The van der Waals surface area contributed by atoms with Gasteiger partial charge in [0.25, 0.3) is 5.91 Å². The van der Waals surface area contributed by atoms with E-state index in [9.17, 15) is 9.59 Å². The highest BCUT2D eigenvalue weighted by Crippen LogP contribution is 2.25. The molecule has 4 heterocycles. The molecule has 3 N–H and O–H groups in total. The zero-order chi connectivity index (χ0) is 24.3. The molecule has 10 nitrogen and oxygen atoms in total. The second-order valence-electron chi connectivity index (χ2n) is 9.56. The summed E-state index contributed by atoms with van der Waals surface area (Å²) in [6, 6.07) is 3.75. The van der Waals surface area contributed by atoms with Crippen LogP contribution in [-0.4, -0.2) is 61.5 Å². The van der Waals surface area contributed by atoms with Crippen LogP contribution in [0.5, 0.6) is 0 Å². The number of primary amides is 1. The van der Waals surface area contributed by atoms with E-state index >= 15 is 0 Å². The van der Waals surface area contributed by atoms with Crippen molar-refractivity contribution < 1.29 is 14.3 Å². The Balaban J connectivity index is 1.41. The zero-order valence-electron chi connectivity index (χ0n) is 19.8. The molecule has 0 atom stereocenters. The fourth-order valence-corrected chi connectivity index (χ4v) is 4.02. The van der Waals surface area contributed by atoms with E-state index < -0.39 is 11.5 Å². The Labute approximate surface area is 198 Å². The number of pyridine rings is 1. The molecule has 0 spiro atoms. The minimum absolute atomic E-state index is 0.186. The van der Waals surface area contributed by atoms with E-state index in [0.29, 0.717) is 37.0 Å². The first-order valence-electron chi connectivity index (χ1n) is 11.5. The van der Waals surface area contributed by atoms with Gasteiger partial charge in [-0.05, 0) is 58.1 Å². The summed E-state index contributed by atoms with van der Waals surface area (Å²) in [7, 11) is 0. The third-order valence-electron chi connectivity index (χ3n) is 5.78. The monoisotopic (exact) mass is 465 g/mol. The van der Waals surface area contributed by atoms with E-state index in [2.05, 4.69) is 15.3 Å². The van der Waals surface area contributed by atoms with Crippen LogP contribution in [0.25, 0.3) is 16.9 Å². The number of aromatic nitrogens is 4. The number of carbonyl (C=O) groups is 2. The average molecular weight is 466 g/mol. The smallest absolute Gasteiger partial charge is 0.410 e. The van der Waals surface area contributed by atoms with Crippen molar-refractivity contribution >= 4 is 23.5 Å². The molecule has 0 aromatic carbocycles. The molecule has 1 fully saturated rings. The molecule has 2 amide bonds. The molecule has 0 unspecified atom stereocenters. The van der Waals surface area contributed by atoms with E-state index in [1.807, 2.05) is 39.1 Å². The summed E-state index contributed by atoms with van der Waals surface area (Å²) in [5, 5.41) is 3.39. The van der Waals surface area contributed by atoms with E-state index in [1.165, 1.54) is 0 Å². The van der Waals surface area contributed by atoms with Gasteiger partial charge in [-0.1, -0.05) is 0 Å². The van der Waals surface area contributed by atoms with Crippen molar-refractivity contribution in [1.29, 1.82) is 0 Å². The standard InChI is InChI=1S/C24H31N7O3/c1-24(2,3)34-23(33)30-12-7-16(8-13-30)4-11-27-21-22-29-19(20(25)32)15-31(22)14-18(28-21)17-5-9-26-10-6-17/h5-6,9-10,14-16H,4,7-8,11-13H2,1-3H3,(H2,25,32)(H,27,28). The lowest BCUT2D eigenvalue weighted by molar-refractivity contribution is 0.0182. The molecule has 180 valence electrons. The topological polar surface area (TPSA) is 128 Å². The molecule has 0 saturated carbocycles. The van der Waals surface area contributed by atoms with Crippen LogP contribution in [0.2, 0.25) is 0 Å². The Hall–Kier alpha value is -3.69. The van der Waals surface area contributed by atoms with Gasteiger partial charge in [0.2, 0.25) is 0 Å². The highest BCUT2D eigenvalue weighted by atomic mass is 16.6. The van der Waals surface area contributed by atoms with Gasteiger partial charge in [0.05, 0.1) is 5.69 Å². The van der Waals surface area contributed by atoms with Gasteiger partial charge in [-0.2, -0.15) is 0 Å². The van der Waals surface area contributed by atoms with Gasteiger partial charge in [-0.25, -0.2) is 14.8 Å². The highest BCUT2D eigenvalue weighted by molar-refractivity contribution is 5.92. The van der Waals surface area contributed by atoms with Gasteiger partial charge < -0.3 is 25.1 Å². The zero-order valence-corrected chi connectivity index (χ0v) is 19.8. The van der Waals surface area contributed by atoms with Crippen LogP contribution >= 0.6 is 0 Å². The van der Waals surface area contributed by atoms with Gasteiger partial charge in [-0.3, -0.25) is 9.78 Å². The summed E-state index contributed by atoms with van der Waals surface area (Å²) in [6.07, 6.45) is 9.39. The summed E-state index contributed by atoms with van der Waals surface area (Å²) < 4.78 is 7.25. The van der Waals surface area contributed by atoms with E-state index in [-0.39, 0.29) is 11.8 Å². The first-order chi connectivity index (χ1) is 16.2. The number of piperidine rings is 1. The van der Waals surface area contributed by atoms with Crippen LogP contribution in [0.15, 0.2) is 36.9 Å². The Bertz CT molecular complexity index is 1160.